The highest BCUT2D eigenvalue weighted by atomic mass is 35.5. The highest BCUT2D eigenvalue weighted by Gasteiger charge is 2.25. The van der Waals surface area contributed by atoms with E-state index in [1.807, 2.05) is 6.20 Å². The van der Waals surface area contributed by atoms with Gasteiger partial charge in [0, 0.05) is 24.1 Å². The molecule has 1 aromatic carbocycles. The maximum atomic E-state index is 11.0. The van der Waals surface area contributed by atoms with Crippen molar-refractivity contribution in [1.82, 2.24) is 9.55 Å². The SMILES string of the molecule is O=C(O)c1cc(NCc2nccn2C2CC2)ccc1Cl. The van der Waals surface area contributed by atoms with Crippen LogP contribution < -0.4 is 5.32 Å². The van der Waals surface area contributed by atoms with Gasteiger partial charge in [-0.05, 0) is 31.0 Å². The van der Waals surface area contributed by atoms with E-state index in [1.54, 1.807) is 18.3 Å². The molecule has 0 spiro atoms. The number of carboxylic acid groups (broad SMARTS) is 1. The van der Waals surface area contributed by atoms with Crippen LogP contribution in [0.1, 0.15) is 35.1 Å². The van der Waals surface area contributed by atoms with E-state index in [1.165, 1.54) is 18.9 Å². The first-order valence-corrected chi connectivity index (χ1v) is 6.81. The molecule has 1 aromatic heterocycles. The third kappa shape index (κ3) is 2.63. The number of carboxylic acids is 1. The Morgan fingerprint density at radius 1 is 1.50 bits per heavy atom. The zero-order valence-electron chi connectivity index (χ0n) is 10.7. The molecule has 1 aliphatic carbocycles. The summed E-state index contributed by atoms with van der Waals surface area (Å²) in [6, 6.07) is 5.46. The van der Waals surface area contributed by atoms with E-state index < -0.39 is 5.97 Å². The zero-order valence-corrected chi connectivity index (χ0v) is 11.5. The first-order chi connectivity index (χ1) is 9.65. The lowest BCUT2D eigenvalue weighted by Gasteiger charge is -2.10. The van der Waals surface area contributed by atoms with Crippen LogP contribution in [0.4, 0.5) is 5.69 Å². The highest BCUT2D eigenvalue weighted by molar-refractivity contribution is 6.33. The molecule has 0 aliphatic heterocycles. The number of nitrogens with zero attached hydrogens (tertiary/aromatic N) is 2. The molecule has 20 heavy (non-hydrogen) atoms. The Morgan fingerprint density at radius 2 is 2.30 bits per heavy atom. The molecule has 0 bridgehead atoms. The van der Waals surface area contributed by atoms with Gasteiger partial charge in [-0.15, -0.1) is 0 Å². The number of imidazole rings is 1. The summed E-state index contributed by atoms with van der Waals surface area (Å²) >= 11 is 5.84. The van der Waals surface area contributed by atoms with Gasteiger partial charge in [-0.25, -0.2) is 9.78 Å². The quantitative estimate of drug-likeness (QED) is 0.888. The smallest absolute Gasteiger partial charge is 0.337 e. The standard InChI is InChI=1S/C14H14ClN3O2/c15-12-4-1-9(7-11(12)14(19)20)17-8-13-16-5-6-18(13)10-2-3-10/h1,4-7,10,17H,2-3,8H2,(H,19,20). The summed E-state index contributed by atoms with van der Waals surface area (Å²) in [7, 11) is 0. The summed E-state index contributed by atoms with van der Waals surface area (Å²) in [5.74, 6) is -0.0718. The third-order valence-electron chi connectivity index (χ3n) is 3.34. The largest absolute Gasteiger partial charge is 0.478 e. The van der Waals surface area contributed by atoms with Crippen molar-refractivity contribution in [3.63, 3.8) is 0 Å². The van der Waals surface area contributed by atoms with Crippen molar-refractivity contribution in [2.75, 3.05) is 5.32 Å². The Balaban J connectivity index is 1.73. The average molecular weight is 292 g/mol. The number of carbonyl (C=O) groups is 1. The van der Waals surface area contributed by atoms with Gasteiger partial charge in [-0.2, -0.15) is 0 Å². The maximum absolute atomic E-state index is 11.0. The molecule has 6 heteroatoms. The number of nitrogens with one attached hydrogen (secondary N) is 1. The molecule has 2 aromatic rings. The van der Waals surface area contributed by atoms with Crippen molar-refractivity contribution in [2.24, 2.45) is 0 Å². The summed E-state index contributed by atoms with van der Waals surface area (Å²) in [6.07, 6.45) is 6.18. The van der Waals surface area contributed by atoms with Gasteiger partial charge >= 0.3 is 5.97 Å². The van der Waals surface area contributed by atoms with Gasteiger partial charge in [-0.3, -0.25) is 0 Å². The molecule has 1 fully saturated rings. The van der Waals surface area contributed by atoms with Crippen molar-refractivity contribution < 1.29 is 9.90 Å². The van der Waals surface area contributed by atoms with Crippen LogP contribution in [0.15, 0.2) is 30.6 Å². The predicted octanol–water partition coefficient (Wildman–Crippen LogP) is 3.18. The third-order valence-corrected chi connectivity index (χ3v) is 3.67. The summed E-state index contributed by atoms with van der Waals surface area (Å²) in [4.78, 5) is 15.4. The van der Waals surface area contributed by atoms with E-state index in [2.05, 4.69) is 14.9 Å². The van der Waals surface area contributed by atoms with Gasteiger partial charge in [0.2, 0.25) is 0 Å². The molecule has 0 unspecified atom stereocenters. The lowest BCUT2D eigenvalue weighted by atomic mass is 10.2. The average Bonchev–Trinajstić information content (AvgIpc) is 3.16. The Kier molecular flexibility index (Phi) is 3.36. The minimum Gasteiger partial charge on any atom is -0.478 e. The second kappa shape index (κ2) is 5.17. The van der Waals surface area contributed by atoms with Crippen molar-refractivity contribution in [3.8, 4) is 0 Å². The summed E-state index contributed by atoms with van der Waals surface area (Å²) in [5.41, 5.74) is 0.819. The van der Waals surface area contributed by atoms with Crippen LogP contribution in [0.3, 0.4) is 0 Å². The van der Waals surface area contributed by atoms with Crippen molar-refractivity contribution in [3.05, 3.63) is 47.0 Å². The molecule has 0 radical (unpaired) electrons. The maximum Gasteiger partial charge on any atom is 0.337 e. The summed E-state index contributed by atoms with van der Waals surface area (Å²) in [5, 5.41) is 12.5. The predicted molar refractivity (Wildman–Crippen MR) is 76.2 cm³/mol. The molecule has 104 valence electrons. The van der Waals surface area contributed by atoms with Crippen LogP contribution in [0.5, 0.6) is 0 Å². The highest BCUT2D eigenvalue weighted by Crippen LogP contribution is 2.35. The Labute approximate surface area is 121 Å². The van der Waals surface area contributed by atoms with Gasteiger partial charge in [0.15, 0.2) is 0 Å². The zero-order chi connectivity index (χ0) is 14.1. The van der Waals surface area contributed by atoms with Crippen LogP contribution in [-0.2, 0) is 6.54 Å². The number of hydrogen-bond donors (Lipinski definition) is 2. The van der Waals surface area contributed by atoms with Gasteiger partial charge < -0.3 is 15.0 Å². The fraction of sp³-hybridized carbons (Fsp3) is 0.286. The van der Waals surface area contributed by atoms with E-state index in [0.717, 1.165) is 11.5 Å². The number of halogens is 1. The number of aromatic carboxylic acids is 1. The summed E-state index contributed by atoms with van der Waals surface area (Å²) < 4.78 is 2.17. The molecule has 0 saturated heterocycles. The molecular weight excluding hydrogens is 278 g/mol. The van der Waals surface area contributed by atoms with E-state index in [4.69, 9.17) is 16.7 Å². The van der Waals surface area contributed by atoms with Gasteiger partial charge in [0.25, 0.3) is 0 Å². The van der Waals surface area contributed by atoms with Crippen LogP contribution in [0.2, 0.25) is 5.02 Å². The lowest BCUT2D eigenvalue weighted by Crippen LogP contribution is -2.08. The molecule has 1 heterocycles. The molecule has 0 atom stereocenters. The second-order valence-corrected chi connectivity index (χ2v) is 5.24. The van der Waals surface area contributed by atoms with E-state index in [9.17, 15) is 4.79 Å². The second-order valence-electron chi connectivity index (χ2n) is 4.84. The first-order valence-electron chi connectivity index (χ1n) is 6.43. The minimum absolute atomic E-state index is 0.0993. The molecule has 1 saturated carbocycles. The lowest BCUT2D eigenvalue weighted by molar-refractivity contribution is 0.0697. The van der Waals surface area contributed by atoms with Crippen LogP contribution in [-0.4, -0.2) is 20.6 Å². The van der Waals surface area contributed by atoms with Gasteiger partial charge in [0.05, 0.1) is 17.1 Å². The normalized spacial score (nSPS) is 14.2. The van der Waals surface area contributed by atoms with Crippen molar-refractivity contribution >= 4 is 23.3 Å². The number of anilines is 1. The Hall–Kier alpha value is -2.01. The molecule has 5 nitrogen and oxygen atoms in total. The van der Waals surface area contributed by atoms with E-state index in [-0.39, 0.29) is 10.6 Å². The first kappa shape index (κ1) is 13.0. The van der Waals surface area contributed by atoms with Crippen molar-refractivity contribution in [2.45, 2.75) is 25.4 Å². The number of hydrogen-bond acceptors (Lipinski definition) is 3. The number of rotatable bonds is 5. The monoisotopic (exact) mass is 291 g/mol. The minimum atomic E-state index is -1.03. The molecule has 3 rings (SSSR count). The van der Waals surface area contributed by atoms with Gasteiger partial charge in [-0.1, -0.05) is 11.6 Å². The van der Waals surface area contributed by atoms with Crippen LogP contribution >= 0.6 is 11.6 Å². The fourth-order valence-electron chi connectivity index (χ4n) is 2.15. The molecular formula is C14H14ClN3O2. The summed E-state index contributed by atoms with van der Waals surface area (Å²) in [6.45, 7) is 0.560. The topological polar surface area (TPSA) is 67.2 Å². The van der Waals surface area contributed by atoms with Crippen LogP contribution in [0, 0.1) is 0 Å². The number of aromatic nitrogens is 2. The number of benzene rings is 1. The Morgan fingerprint density at radius 3 is 3.00 bits per heavy atom. The fourth-order valence-corrected chi connectivity index (χ4v) is 2.34. The molecule has 2 N–H and O–H groups in total. The van der Waals surface area contributed by atoms with E-state index >= 15 is 0 Å². The molecule has 1 aliphatic rings. The van der Waals surface area contributed by atoms with E-state index in [0.29, 0.717) is 12.6 Å². The van der Waals surface area contributed by atoms with Crippen molar-refractivity contribution in [1.29, 1.82) is 0 Å². The Bertz CT molecular complexity index is 650. The van der Waals surface area contributed by atoms with Gasteiger partial charge in [0.1, 0.15) is 5.82 Å². The van der Waals surface area contributed by atoms with Crippen LogP contribution in [0.25, 0.3) is 0 Å². The molecule has 0 amide bonds.